The summed E-state index contributed by atoms with van der Waals surface area (Å²) >= 11 is 4.75. The van der Waals surface area contributed by atoms with E-state index in [0.29, 0.717) is 16.3 Å². The molecule has 0 unspecified atom stereocenters. The summed E-state index contributed by atoms with van der Waals surface area (Å²) in [6.07, 6.45) is -0.114. The number of ketones is 1. The van der Waals surface area contributed by atoms with Crippen LogP contribution in [0, 0.1) is 0 Å². The van der Waals surface area contributed by atoms with Crippen molar-refractivity contribution in [1.82, 2.24) is 14.6 Å². The van der Waals surface area contributed by atoms with Crippen molar-refractivity contribution in [3.8, 4) is 17.0 Å². The molecule has 0 bridgehead atoms. The normalized spacial score (nSPS) is 10.9. The van der Waals surface area contributed by atoms with E-state index in [-0.39, 0.29) is 17.9 Å². The number of carbonyl (C=O) groups excluding carboxylic acids is 1. The minimum atomic E-state index is -0.480. The molecule has 0 atom stereocenters. The van der Waals surface area contributed by atoms with Crippen molar-refractivity contribution in [3.05, 3.63) is 80.0 Å². The van der Waals surface area contributed by atoms with Crippen molar-refractivity contribution in [3.63, 3.8) is 0 Å². The van der Waals surface area contributed by atoms with E-state index >= 15 is 0 Å². The maximum absolute atomic E-state index is 12.6. The van der Waals surface area contributed by atoms with Gasteiger partial charge in [-0.1, -0.05) is 28.1 Å². The van der Waals surface area contributed by atoms with Crippen LogP contribution in [-0.4, -0.2) is 27.5 Å². The highest BCUT2D eigenvalue weighted by Crippen LogP contribution is 2.25. The number of thiazole rings is 1. The van der Waals surface area contributed by atoms with Gasteiger partial charge in [0.2, 0.25) is 4.96 Å². The molecule has 6 nitrogen and oxygen atoms in total. The number of ether oxygens (including phenoxy) is 1. The van der Waals surface area contributed by atoms with Crippen molar-refractivity contribution >= 4 is 38.0 Å². The summed E-state index contributed by atoms with van der Waals surface area (Å²) in [5.74, 6) is 0.463. The van der Waals surface area contributed by atoms with Gasteiger partial charge in [-0.05, 0) is 36.4 Å². The molecule has 0 radical (unpaired) electrons. The maximum atomic E-state index is 12.6. The van der Waals surface area contributed by atoms with E-state index in [9.17, 15) is 9.59 Å². The third-order valence-corrected chi connectivity index (χ3v) is 5.57. The molecule has 28 heavy (non-hydrogen) atoms. The number of aromatic nitrogens is 3. The third kappa shape index (κ3) is 3.61. The molecular weight excluding hydrogens is 442 g/mol. The Balaban J connectivity index is 1.69. The molecule has 2 aromatic carbocycles. The molecule has 8 heteroatoms. The molecular formula is C20H14BrN3O3S. The first-order chi connectivity index (χ1) is 13.5. The lowest BCUT2D eigenvalue weighted by Crippen LogP contribution is -2.21. The summed E-state index contributed by atoms with van der Waals surface area (Å²) in [5.41, 5.74) is 1.89. The fourth-order valence-corrected chi connectivity index (χ4v) is 3.84. The first kappa shape index (κ1) is 18.5. The predicted molar refractivity (Wildman–Crippen MR) is 111 cm³/mol. The van der Waals surface area contributed by atoms with Gasteiger partial charge < -0.3 is 4.74 Å². The Hall–Kier alpha value is -2.84. The van der Waals surface area contributed by atoms with E-state index in [2.05, 4.69) is 26.0 Å². The highest BCUT2D eigenvalue weighted by atomic mass is 79.9. The number of nitrogens with zero attached hydrogens (tertiary/aromatic N) is 3. The van der Waals surface area contributed by atoms with Crippen molar-refractivity contribution in [1.29, 1.82) is 0 Å². The molecule has 4 rings (SSSR count). The second-order valence-corrected chi connectivity index (χ2v) is 7.77. The van der Waals surface area contributed by atoms with Crippen molar-refractivity contribution in [2.45, 2.75) is 6.42 Å². The number of hydrogen-bond acceptors (Lipinski definition) is 6. The third-order valence-electron chi connectivity index (χ3n) is 4.23. The van der Waals surface area contributed by atoms with Crippen LogP contribution in [0.4, 0.5) is 0 Å². The van der Waals surface area contributed by atoms with E-state index in [0.717, 1.165) is 15.7 Å². The molecule has 0 aliphatic carbocycles. The summed E-state index contributed by atoms with van der Waals surface area (Å²) in [6.45, 7) is 0. The lowest BCUT2D eigenvalue weighted by Gasteiger charge is -2.05. The minimum Gasteiger partial charge on any atom is -0.497 e. The first-order valence-electron chi connectivity index (χ1n) is 8.36. The van der Waals surface area contributed by atoms with E-state index < -0.39 is 5.56 Å². The Labute approximate surface area is 172 Å². The van der Waals surface area contributed by atoms with Gasteiger partial charge in [-0.15, -0.1) is 11.3 Å². The fourth-order valence-electron chi connectivity index (χ4n) is 2.75. The van der Waals surface area contributed by atoms with Crippen LogP contribution in [0.15, 0.2) is 63.2 Å². The van der Waals surface area contributed by atoms with Gasteiger partial charge in [0.15, 0.2) is 5.78 Å². The van der Waals surface area contributed by atoms with Gasteiger partial charge in [-0.25, -0.2) is 4.52 Å². The van der Waals surface area contributed by atoms with Gasteiger partial charge in [-0.2, -0.15) is 10.1 Å². The number of hydrogen-bond donors (Lipinski definition) is 0. The van der Waals surface area contributed by atoms with Gasteiger partial charge in [0.05, 0.1) is 19.2 Å². The summed E-state index contributed by atoms with van der Waals surface area (Å²) in [4.78, 5) is 29.5. The Bertz CT molecular complexity index is 1210. The largest absolute Gasteiger partial charge is 0.497 e. The molecule has 0 saturated carbocycles. The maximum Gasteiger partial charge on any atom is 0.296 e. The van der Waals surface area contributed by atoms with Gasteiger partial charge in [0.1, 0.15) is 11.4 Å². The standard InChI is InChI=1S/C20H14BrN3O3S/c1-27-15-8-4-13(5-9-15)18(25)10-16-19(26)22-20-24(23-16)17(11-28-20)12-2-6-14(21)7-3-12/h2-9,11H,10H2,1H3. The molecule has 0 spiro atoms. The van der Waals surface area contributed by atoms with Gasteiger partial charge in [0, 0.05) is 21.0 Å². The number of Topliss-reactive ketones (excluding diaryl/α,β-unsaturated/α-hetero) is 1. The Morgan fingerprint density at radius 2 is 1.86 bits per heavy atom. The Morgan fingerprint density at radius 3 is 2.54 bits per heavy atom. The van der Waals surface area contributed by atoms with Crippen molar-refractivity contribution in [2.75, 3.05) is 7.11 Å². The average Bonchev–Trinajstić information content (AvgIpc) is 3.11. The van der Waals surface area contributed by atoms with Crippen LogP contribution in [-0.2, 0) is 6.42 Å². The fraction of sp³-hybridized carbons (Fsp3) is 0.100. The second-order valence-electron chi connectivity index (χ2n) is 6.01. The van der Waals surface area contributed by atoms with Crippen LogP contribution in [0.5, 0.6) is 5.75 Å². The predicted octanol–water partition coefficient (Wildman–Crippen LogP) is 4.01. The number of carbonyl (C=O) groups is 1. The molecule has 4 aromatic rings. The van der Waals surface area contributed by atoms with E-state index in [1.807, 2.05) is 29.6 Å². The molecule has 0 aliphatic rings. The number of rotatable bonds is 5. The van der Waals surface area contributed by atoms with E-state index in [4.69, 9.17) is 4.74 Å². The molecule has 0 saturated heterocycles. The number of fused-ring (bicyclic) bond motifs is 1. The summed E-state index contributed by atoms with van der Waals surface area (Å²) in [7, 11) is 1.56. The number of methoxy groups -OCH3 is 1. The van der Waals surface area contributed by atoms with Crippen LogP contribution >= 0.6 is 27.3 Å². The van der Waals surface area contributed by atoms with Gasteiger partial charge in [-0.3, -0.25) is 9.59 Å². The SMILES string of the molecule is COc1ccc(C(=O)Cc2nn3c(-c4ccc(Br)cc4)csc3nc2=O)cc1. The van der Waals surface area contributed by atoms with Crippen molar-refractivity contribution in [2.24, 2.45) is 0 Å². The lowest BCUT2D eigenvalue weighted by atomic mass is 10.1. The van der Waals surface area contributed by atoms with Crippen LogP contribution in [0.25, 0.3) is 16.2 Å². The zero-order valence-electron chi connectivity index (χ0n) is 14.8. The Kier molecular flexibility index (Phi) is 5.06. The van der Waals surface area contributed by atoms with Crippen LogP contribution in [0.1, 0.15) is 16.1 Å². The Morgan fingerprint density at radius 1 is 1.14 bits per heavy atom. The first-order valence-corrected chi connectivity index (χ1v) is 10.0. The second kappa shape index (κ2) is 7.65. The quantitative estimate of drug-likeness (QED) is 0.425. The van der Waals surface area contributed by atoms with E-state index in [1.54, 1.807) is 35.9 Å². The van der Waals surface area contributed by atoms with Gasteiger partial charge in [0.25, 0.3) is 5.56 Å². The van der Waals surface area contributed by atoms with Gasteiger partial charge >= 0.3 is 0 Å². The molecule has 0 N–H and O–H groups in total. The topological polar surface area (TPSA) is 73.6 Å². The molecule has 2 aromatic heterocycles. The van der Waals surface area contributed by atoms with E-state index in [1.165, 1.54) is 11.3 Å². The van der Waals surface area contributed by atoms with Crippen LogP contribution in [0.2, 0.25) is 0 Å². The van der Waals surface area contributed by atoms with Crippen molar-refractivity contribution < 1.29 is 9.53 Å². The molecule has 140 valence electrons. The highest BCUT2D eigenvalue weighted by Gasteiger charge is 2.16. The molecule has 0 fully saturated rings. The zero-order valence-corrected chi connectivity index (χ0v) is 17.2. The summed E-state index contributed by atoms with van der Waals surface area (Å²) in [6, 6.07) is 14.5. The smallest absolute Gasteiger partial charge is 0.296 e. The zero-order chi connectivity index (χ0) is 19.7. The lowest BCUT2D eigenvalue weighted by molar-refractivity contribution is 0.0991. The highest BCUT2D eigenvalue weighted by molar-refractivity contribution is 9.10. The minimum absolute atomic E-state index is 0.114. The number of benzene rings is 2. The molecule has 2 heterocycles. The summed E-state index contributed by atoms with van der Waals surface area (Å²) < 4.78 is 7.69. The van der Waals surface area contributed by atoms with Crippen LogP contribution < -0.4 is 10.3 Å². The van der Waals surface area contributed by atoms with Crippen LogP contribution in [0.3, 0.4) is 0 Å². The summed E-state index contributed by atoms with van der Waals surface area (Å²) in [5, 5.41) is 6.32. The number of halogens is 1. The monoisotopic (exact) mass is 455 g/mol. The molecule has 0 amide bonds. The molecule has 0 aliphatic heterocycles. The average molecular weight is 456 g/mol.